The lowest BCUT2D eigenvalue weighted by Gasteiger charge is -2.45. The number of hydrogen-bond donors (Lipinski definition) is 0. The summed E-state index contributed by atoms with van der Waals surface area (Å²) < 4.78 is 1.06. The fraction of sp³-hybridized carbons (Fsp3) is 0.545. The van der Waals surface area contributed by atoms with Gasteiger partial charge in [-0.1, -0.05) is 13.8 Å². The molecule has 0 unspecified atom stereocenters. The molecule has 0 bridgehead atoms. The highest BCUT2D eigenvalue weighted by atomic mass is 79.9. The molecule has 0 spiro atoms. The van der Waals surface area contributed by atoms with Crippen LogP contribution in [-0.4, -0.2) is 23.0 Å². The predicted octanol–water partition coefficient (Wildman–Crippen LogP) is 2.69. The second kappa shape index (κ2) is 3.63. The summed E-state index contributed by atoms with van der Waals surface area (Å²) in [6.45, 7) is 8.03. The molecule has 0 aromatic carbocycles. The molecule has 1 saturated heterocycles. The van der Waals surface area contributed by atoms with Crippen molar-refractivity contribution in [1.29, 1.82) is 0 Å². The van der Waals surface area contributed by atoms with Crippen molar-refractivity contribution in [2.45, 2.75) is 20.4 Å². The van der Waals surface area contributed by atoms with Gasteiger partial charge >= 0.3 is 0 Å². The largest absolute Gasteiger partial charge is 0.298 e. The van der Waals surface area contributed by atoms with E-state index in [1.54, 1.807) is 0 Å². The molecule has 0 N–H and O–H groups in total. The SMILES string of the molecule is CC1(C)CN(Cc2cncc(Br)c2)C1. The van der Waals surface area contributed by atoms with Crippen LogP contribution in [0, 0.1) is 5.41 Å². The number of likely N-dealkylation sites (tertiary alicyclic amines) is 1. The predicted molar refractivity (Wildman–Crippen MR) is 61.0 cm³/mol. The van der Waals surface area contributed by atoms with E-state index >= 15 is 0 Å². The molecule has 0 aliphatic carbocycles. The van der Waals surface area contributed by atoms with Crippen molar-refractivity contribution in [3.8, 4) is 0 Å². The van der Waals surface area contributed by atoms with Crippen LogP contribution in [-0.2, 0) is 6.54 Å². The number of aromatic nitrogens is 1. The summed E-state index contributed by atoms with van der Waals surface area (Å²) in [6.07, 6.45) is 3.76. The van der Waals surface area contributed by atoms with Crippen LogP contribution in [0.1, 0.15) is 19.4 Å². The van der Waals surface area contributed by atoms with E-state index in [1.165, 1.54) is 18.7 Å². The molecule has 1 aliphatic heterocycles. The maximum Gasteiger partial charge on any atom is 0.0410 e. The molecule has 1 aliphatic rings. The van der Waals surface area contributed by atoms with E-state index in [0.29, 0.717) is 5.41 Å². The Morgan fingerprint density at radius 3 is 2.71 bits per heavy atom. The molecule has 2 rings (SSSR count). The van der Waals surface area contributed by atoms with E-state index in [4.69, 9.17) is 0 Å². The van der Waals surface area contributed by atoms with Crippen LogP contribution in [0.3, 0.4) is 0 Å². The van der Waals surface area contributed by atoms with Gasteiger partial charge in [-0.25, -0.2) is 0 Å². The minimum atomic E-state index is 0.513. The Kier molecular flexibility index (Phi) is 2.62. The first-order chi connectivity index (χ1) is 6.55. The van der Waals surface area contributed by atoms with Crippen LogP contribution in [0.15, 0.2) is 22.9 Å². The molecule has 1 aromatic heterocycles. The second-order valence-electron chi connectivity index (χ2n) is 4.82. The highest BCUT2D eigenvalue weighted by Gasteiger charge is 2.33. The monoisotopic (exact) mass is 254 g/mol. The van der Waals surface area contributed by atoms with Crippen molar-refractivity contribution in [1.82, 2.24) is 9.88 Å². The van der Waals surface area contributed by atoms with Crippen LogP contribution in [0.25, 0.3) is 0 Å². The standard InChI is InChI=1S/C11H15BrN2/c1-11(2)7-14(8-11)6-9-3-10(12)5-13-4-9/h3-5H,6-8H2,1-2H3. The molecule has 1 aromatic rings. The summed E-state index contributed by atoms with van der Waals surface area (Å²) in [4.78, 5) is 6.61. The second-order valence-corrected chi connectivity index (χ2v) is 5.74. The molecule has 3 heteroatoms. The van der Waals surface area contributed by atoms with E-state index in [0.717, 1.165) is 11.0 Å². The maximum atomic E-state index is 4.16. The van der Waals surface area contributed by atoms with Gasteiger partial charge in [-0.15, -0.1) is 0 Å². The highest BCUT2D eigenvalue weighted by molar-refractivity contribution is 9.10. The van der Waals surface area contributed by atoms with Crippen molar-refractivity contribution in [3.63, 3.8) is 0 Å². The summed E-state index contributed by atoms with van der Waals surface area (Å²) >= 11 is 3.43. The fourth-order valence-electron chi connectivity index (χ4n) is 2.08. The van der Waals surface area contributed by atoms with Crippen LogP contribution < -0.4 is 0 Å². The Bertz CT molecular complexity index is 328. The first kappa shape index (κ1) is 10.1. The lowest BCUT2D eigenvalue weighted by Crippen LogP contribution is -2.52. The fourth-order valence-corrected chi connectivity index (χ4v) is 2.49. The lowest BCUT2D eigenvalue weighted by molar-refractivity contribution is 0.0241. The molecule has 0 atom stereocenters. The van der Waals surface area contributed by atoms with Gasteiger partial charge in [-0.2, -0.15) is 0 Å². The Labute approximate surface area is 93.5 Å². The zero-order valence-electron chi connectivity index (χ0n) is 8.63. The van der Waals surface area contributed by atoms with Gasteiger partial charge in [0, 0.05) is 36.5 Å². The smallest absolute Gasteiger partial charge is 0.0410 e. The van der Waals surface area contributed by atoms with Gasteiger partial charge in [-0.05, 0) is 33.0 Å². The van der Waals surface area contributed by atoms with Crippen LogP contribution >= 0.6 is 15.9 Å². The van der Waals surface area contributed by atoms with Crippen molar-refractivity contribution < 1.29 is 0 Å². The molecule has 2 heterocycles. The maximum absolute atomic E-state index is 4.16. The molecule has 0 radical (unpaired) electrons. The Balaban J connectivity index is 1.93. The average molecular weight is 255 g/mol. The number of halogens is 1. The van der Waals surface area contributed by atoms with Gasteiger partial charge in [0.1, 0.15) is 0 Å². The average Bonchev–Trinajstić information content (AvgIpc) is 2.00. The van der Waals surface area contributed by atoms with Crippen molar-refractivity contribution >= 4 is 15.9 Å². The number of nitrogens with zero attached hydrogens (tertiary/aromatic N) is 2. The summed E-state index contributed by atoms with van der Waals surface area (Å²) in [5, 5.41) is 0. The van der Waals surface area contributed by atoms with Crippen LogP contribution in [0.4, 0.5) is 0 Å². The molecule has 0 saturated carbocycles. The van der Waals surface area contributed by atoms with E-state index in [1.807, 2.05) is 12.4 Å². The Morgan fingerprint density at radius 1 is 1.43 bits per heavy atom. The minimum Gasteiger partial charge on any atom is -0.298 e. The zero-order chi connectivity index (χ0) is 10.2. The summed E-state index contributed by atoms with van der Waals surface area (Å²) in [6, 6.07) is 2.14. The number of hydrogen-bond acceptors (Lipinski definition) is 2. The third-order valence-electron chi connectivity index (χ3n) is 2.47. The zero-order valence-corrected chi connectivity index (χ0v) is 10.2. The van der Waals surface area contributed by atoms with Crippen molar-refractivity contribution in [2.24, 2.45) is 5.41 Å². The van der Waals surface area contributed by atoms with Gasteiger partial charge in [-0.3, -0.25) is 9.88 Å². The molecule has 1 fully saturated rings. The van der Waals surface area contributed by atoms with E-state index in [9.17, 15) is 0 Å². The van der Waals surface area contributed by atoms with E-state index in [-0.39, 0.29) is 0 Å². The molecular weight excluding hydrogens is 240 g/mol. The van der Waals surface area contributed by atoms with E-state index in [2.05, 4.69) is 45.7 Å². The first-order valence-electron chi connectivity index (χ1n) is 4.87. The first-order valence-corrected chi connectivity index (χ1v) is 5.66. The minimum absolute atomic E-state index is 0.513. The Morgan fingerprint density at radius 2 is 2.14 bits per heavy atom. The third kappa shape index (κ3) is 2.34. The van der Waals surface area contributed by atoms with Gasteiger partial charge in [0.25, 0.3) is 0 Å². The van der Waals surface area contributed by atoms with Gasteiger partial charge in [0.15, 0.2) is 0 Å². The highest BCUT2D eigenvalue weighted by Crippen LogP contribution is 2.29. The quantitative estimate of drug-likeness (QED) is 0.807. The molecule has 14 heavy (non-hydrogen) atoms. The summed E-state index contributed by atoms with van der Waals surface area (Å²) in [5.74, 6) is 0. The lowest BCUT2D eigenvalue weighted by atomic mass is 9.84. The summed E-state index contributed by atoms with van der Waals surface area (Å²) in [7, 11) is 0. The number of pyridine rings is 1. The molecule has 0 amide bonds. The van der Waals surface area contributed by atoms with Crippen molar-refractivity contribution in [3.05, 3.63) is 28.5 Å². The van der Waals surface area contributed by atoms with E-state index < -0.39 is 0 Å². The normalized spacial score (nSPS) is 20.5. The van der Waals surface area contributed by atoms with Gasteiger partial charge < -0.3 is 0 Å². The third-order valence-corrected chi connectivity index (χ3v) is 2.90. The van der Waals surface area contributed by atoms with Crippen molar-refractivity contribution in [2.75, 3.05) is 13.1 Å². The number of rotatable bonds is 2. The van der Waals surface area contributed by atoms with Gasteiger partial charge in [0.05, 0.1) is 0 Å². The Hall–Kier alpha value is -0.410. The topological polar surface area (TPSA) is 16.1 Å². The van der Waals surface area contributed by atoms with Crippen LogP contribution in [0.5, 0.6) is 0 Å². The summed E-state index contributed by atoms with van der Waals surface area (Å²) in [5.41, 5.74) is 1.80. The van der Waals surface area contributed by atoms with Crippen LogP contribution in [0.2, 0.25) is 0 Å². The molecular formula is C11H15BrN2. The molecule has 2 nitrogen and oxygen atoms in total. The molecule has 76 valence electrons. The van der Waals surface area contributed by atoms with Gasteiger partial charge in [0.2, 0.25) is 0 Å².